The Labute approximate surface area is 181 Å². The Balaban J connectivity index is 1.64. The predicted molar refractivity (Wildman–Crippen MR) is 121 cm³/mol. The summed E-state index contributed by atoms with van der Waals surface area (Å²) in [7, 11) is -1.67. The molecule has 0 bridgehead atoms. The van der Waals surface area contributed by atoms with Crippen LogP contribution in [0, 0.1) is 11.3 Å². The highest BCUT2D eigenvalue weighted by Crippen LogP contribution is 2.59. The molecule has 0 radical (unpaired) electrons. The average molecular weight is 442 g/mol. The van der Waals surface area contributed by atoms with Crippen LogP contribution in [0.4, 0.5) is 5.69 Å². The molecule has 2 aromatic heterocycles. The molecule has 1 aromatic carbocycles. The summed E-state index contributed by atoms with van der Waals surface area (Å²) in [6, 6.07) is 7.16. The molecule has 164 valence electrons. The molecule has 3 heterocycles. The fourth-order valence-electron chi connectivity index (χ4n) is 5.22. The van der Waals surface area contributed by atoms with E-state index in [4.69, 9.17) is 0 Å². The molecule has 5 rings (SSSR count). The molecular weight excluding hydrogens is 414 g/mol. The number of pyridine rings is 1. The van der Waals surface area contributed by atoms with Gasteiger partial charge in [0.1, 0.15) is 5.52 Å². The highest BCUT2D eigenvalue weighted by Gasteiger charge is 2.54. The van der Waals surface area contributed by atoms with Gasteiger partial charge in [-0.2, -0.15) is 0 Å². The van der Waals surface area contributed by atoms with Gasteiger partial charge in [0.2, 0.25) is 0 Å². The van der Waals surface area contributed by atoms with Crippen LogP contribution in [0.2, 0.25) is 0 Å². The number of hydrogen-bond donors (Lipinski definition) is 2. The summed E-state index contributed by atoms with van der Waals surface area (Å²) >= 11 is 0. The summed E-state index contributed by atoms with van der Waals surface area (Å²) in [6.45, 7) is 1.99. The number of aliphatic hydroxyl groups is 1. The summed E-state index contributed by atoms with van der Waals surface area (Å²) < 4.78 is 26.1. The Morgan fingerprint density at radius 1 is 1.19 bits per heavy atom. The van der Waals surface area contributed by atoms with Gasteiger partial charge in [0.15, 0.2) is 9.84 Å². The molecule has 2 aliphatic rings. The maximum atomic E-state index is 12.5. The van der Waals surface area contributed by atoms with Gasteiger partial charge in [0.05, 0.1) is 4.90 Å². The van der Waals surface area contributed by atoms with Crippen LogP contribution in [-0.4, -0.2) is 49.0 Å². The average Bonchev–Trinajstić information content (AvgIpc) is 3.18. The number of rotatable bonds is 4. The molecule has 0 amide bonds. The van der Waals surface area contributed by atoms with Gasteiger partial charge in [0, 0.05) is 67.6 Å². The van der Waals surface area contributed by atoms with E-state index in [1.165, 1.54) is 10.8 Å². The molecule has 1 aliphatic heterocycles. The molecule has 1 spiro atoms. The van der Waals surface area contributed by atoms with Crippen LogP contribution < -0.4 is 10.5 Å². The maximum absolute atomic E-state index is 12.5. The number of aliphatic hydroxyl groups excluding tert-OH is 1. The molecule has 2 N–H and O–H groups in total. The van der Waals surface area contributed by atoms with Gasteiger partial charge in [-0.25, -0.2) is 8.42 Å². The number of nitrogens with one attached hydrogen (secondary N) is 1. The summed E-state index contributed by atoms with van der Waals surface area (Å²) in [4.78, 5) is 18.1. The number of hydrogen-bond acceptors (Lipinski definition) is 5. The quantitative estimate of drug-likeness (QED) is 0.649. The third-order valence-corrected chi connectivity index (χ3v) is 8.37. The maximum Gasteiger partial charge on any atom is 0.274 e. The molecule has 2 fully saturated rings. The molecule has 1 saturated heterocycles. The van der Waals surface area contributed by atoms with E-state index in [2.05, 4.69) is 9.88 Å². The number of aromatic nitrogens is 2. The Hall–Kier alpha value is -2.58. The van der Waals surface area contributed by atoms with Crippen LogP contribution in [0.1, 0.15) is 19.3 Å². The monoisotopic (exact) mass is 441 g/mol. The van der Waals surface area contributed by atoms with Gasteiger partial charge in [-0.1, -0.05) is 0 Å². The van der Waals surface area contributed by atoms with E-state index in [0.717, 1.165) is 54.6 Å². The van der Waals surface area contributed by atoms with E-state index in [1.807, 2.05) is 12.1 Å². The Bertz CT molecular complexity index is 1330. The standard InChI is InChI=1S/C23H27N3O4S/c1-25-13-19(17-5-8-24-21(17)22(25)28)18-11-16(31(2,29)30)3-4-20(18)26-9-6-23(7-10-26)12-15(23)14-27/h3-5,8,11,13,15,24,27H,6-7,9-10,12,14H2,1-2H3/t15-/m0/s1. The van der Waals surface area contributed by atoms with Crippen molar-refractivity contribution in [2.24, 2.45) is 18.4 Å². The van der Waals surface area contributed by atoms with Crippen LogP contribution >= 0.6 is 0 Å². The first-order chi connectivity index (χ1) is 14.7. The second-order valence-corrected chi connectivity index (χ2v) is 11.1. The van der Waals surface area contributed by atoms with E-state index in [0.29, 0.717) is 11.4 Å². The lowest BCUT2D eigenvalue weighted by atomic mass is 9.90. The number of piperidine rings is 1. The zero-order chi connectivity index (χ0) is 22.0. The number of benzene rings is 1. The Kier molecular flexibility index (Phi) is 4.57. The third kappa shape index (κ3) is 3.29. The van der Waals surface area contributed by atoms with Crippen LogP contribution in [0.5, 0.6) is 0 Å². The first kappa shape index (κ1) is 20.3. The molecule has 1 atom stereocenters. The molecule has 1 aliphatic carbocycles. The topological polar surface area (TPSA) is 95.4 Å². The Morgan fingerprint density at radius 3 is 2.58 bits per heavy atom. The number of H-pyrrole nitrogens is 1. The smallest absolute Gasteiger partial charge is 0.274 e. The minimum atomic E-state index is -3.38. The SMILES string of the molecule is Cn1cc(-c2cc(S(C)(=O)=O)ccc2N2CCC3(CC2)C[C@H]3CO)c2cc[nH]c2c1=O. The normalized spacial score (nSPS) is 20.5. The molecule has 31 heavy (non-hydrogen) atoms. The number of fused-ring (bicyclic) bond motifs is 1. The van der Waals surface area contributed by atoms with Crippen LogP contribution in [-0.2, 0) is 16.9 Å². The molecule has 1 saturated carbocycles. The zero-order valence-electron chi connectivity index (χ0n) is 17.8. The van der Waals surface area contributed by atoms with Crippen LogP contribution in [0.3, 0.4) is 0 Å². The highest BCUT2D eigenvalue weighted by molar-refractivity contribution is 7.90. The minimum Gasteiger partial charge on any atom is -0.396 e. The summed E-state index contributed by atoms with van der Waals surface area (Å²) in [6.07, 6.45) is 7.89. The van der Waals surface area contributed by atoms with Crippen molar-refractivity contribution in [2.45, 2.75) is 24.2 Å². The summed E-state index contributed by atoms with van der Waals surface area (Å²) in [5.41, 5.74) is 3.30. The van der Waals surface area contributed by atoms with Crippen molar-refractivity contribution in [3.8, 4) is 11.1 Å². The number of nitrogens with zero attached hydrogens (tertiary/aromatic N) is 2. The predicted octanol–water partition coefficient (Wildman–Crippen LogP) is 2.54. The van der Waals surface area contributed by atoms with Gasteiger partial charge in [-0.15, -0.1) is 0 Å². The third-order valence-electron chi connectivity index (χ3n) is 7.26. The van der Waals surface area contributed by atoms with Gasteiger partial charge in [-0.3, -0.25) is 4.79 Å². The van der Waals surface area contributed by atoms with Crippen LogP contribution in [0.25, 0.3) is 22.0 Å². The zero-order valence-corrected chi connectivity index (χ0v) is 18.6. The molecule has 3 aromatic rings. The van der Waals surface area contributed by atoms with Crippen LogP contribution in [0.15, 0.2) is 46.3 Å². The van der Waals surface area contributed by atoms with Crippen molar-refractivity contribution in [3.63, 3.8) is 0 Å². The highest BCUT2D eigenvalue weighted by atomic mass is 32.2. The number of aromatic amines is 1. The van der Waals surface area contributed by atoms with Crippen molar-refractivity contribution in [1.29, 1.82) is 0 Å². The van der Waals surface area contributed by atoms with E-state index in [-0.39, 0.29) is 22.5 Å². The molecule has 0 unspecified atom stereocenters. The second kappa shape index (κ2) is 6.97. The Morgan fingerprint density at radius 2 is 1.94 bits per heavy atom. The van der Waals surface area contributed by atoms with Gasteiger partial charge >= 0.3 is 0 Å². The lowest BCUT2D eigenvalue weighted by Gasteiger charge is -2.36. The number of sulfone groups is 1. The minimum absolute atomic E-state index is 0.117. The second-order valence-electron chi connectivity index (χ2n) is 9.11. The van der Waals surface area contributed by atoms with Gasteiger partial charge in [-0.05, 0) is 54.9 Å². The molecule has 8 heteroatoms. The van der Waals surface area contributed by atoms with E-state index in [1.54, 1.807) is 31.6 Å². The largest absolute Gasteiger partial charge is 0.396 e. The lowest BCUT2D eigenvalue weighted by Crippen LogP contribution is -2.35. The van der Waals surface area contributed by atoms with Crippen molar-refractivity contribution >= 4 is 26.4 Å². The van der Waals surface area contributed by atoms with Crippen molar-refractivity contribution < 1.29 is 13.5 Å². The van der Waals surface area contributed by atoms with E-state index >= 15 is 0 Å². The van der Waals surface area contributed by atoms with Crippen molar-refractivity contribution in [2.75, 3.05) is 30.9 Å². The first-order valence-electron chi connectivity index (χ1n) is 10.6. The van der Waals surface area contributed by atoms with Crippen molar-refractivity contribution in [3.05, 3.63) is 47.0 Å². The van der Waals surface area contributed by atoms with E-state index < -0.39 is 9.84 Å². The first-order valence-corrected chi connectivity index (χ1v) is 12.5. The van der Waals surface area contributed by atoms with Crippen molar-refractivity contribution in [1.82, 2.24) is 9.55 Å². The lowest BCUT2D eigenvalue weighted by molar-refractivity contribution is 0.232. The number of anilines is 1. The summed E-state index contributed by atoms with van der Waals surface area (Å²) in [5.74, 6) is 0.421. The van der Waals surface area contributed by atoms with E-state index in [9.17, 15) is 18.3 Å². The number of aryl methyl sites for hydroxylation is 1. The fraction of sp³-hybridized carbons (Fsp3) is 0.435. The van der Waals surface area contributed by atoms with Gasteiger partial charge < -0.3 is 19.6 Å². The summed E-state index contributed by atoms with van der Waals surface area (Å²) in [5, 5.41) is 10.3. The molecular formula is C23H27N3O4S. The molecule has 7 nitrogen and oxygen atoms in total. The fourth-order valence-corrected chi connectivity index (χ4v) is 5.86. The van der Waals surface area contributed by atoms with Gasteiger partial charge in [0.25, 0.3) is 5.56 Å².